The molecule has 1 aliphatic rings. The Bertz CT molecular complexity index is 1350. The van der Waals surface area contributed by atoms with Gasteiger partial charge < -0.3 is 4.90 Å². The van der Waals surface area contributed by atoms with Gasteiger partial charge in [0.05, 0.1) is 23.0 Å². The van der Waals surface area contributed by atoms with E-state index in [1.54, 1.807) is 4.57 Å². The first kappa shape index (κ1) is 21.4. The van der Waals surface area contributed by atoms with Crippen LogP contribution in [0.1, 0.15) is 18.3 Å². The maximum atomic E-state index is 12.8. The van der Waals surface area contributed by atoms with Gasteiger partial charge in [-0.25, -0.2) is 4.98 Å². The molecule has 0 saturated carbocycles. The van der Waals surface area contributed by atoms with Crippen molar-refractivity contribution in [2.45, 2.75) is 26.2 Å². The van der Waals surface area contributed by atoms with E-state index in [0.717, 1.165) is 23.6 Å². The number of fused-ring (bicyclic) bond motifs is 3. The molecule has 172 valence electrons. The number of benzene rings is 1. The molecule has 3 aromatic heterocycles. The van der Waals surface area contributed by atoms with Crippen LogP contribution in [0.4, 0.5) is 19.0 Å². The monoisotopic (exact) mass is 457 g/mol. The van der Waals surface area contributed by atoms with Gasteiger partial charge in [0.2, 0.25) is 5.78 Å². The molecule has 4 heterocycles. The number of rotatable bonds is 4. The number of piperazine rings is 1. The lowest BCUT2D eigenvalue weighted by Gasteiger charge is -2.35. The molecule has 0 N–H and O–H groups in total. The molecule has 1 fully saturated rings. The smallest absolute Gasteiger partial charge is 0.354 e. The van der Waals surface area contributed by atoms with Crippen LogP contribution in [0.15, 0.2) is 47.4 Å². The second kappa shape index (κ2) is 8.14. The van der Waals surface area contributed by atoms with Crippen molar-refractivity contribution >= 4 is 22.5 Å². The summed E-state index contributed by atoms with van der Waals surface area (Å²) in [7, 11) is 0. The Kier molecular flexibility index (Phi) is 5.28. The van der Waals surface area contributed by atoms with Crippen LogP contribution >= 0.6 is 0 Å². The second-order valence-corrected chi connectivity index (χ2v) is 7.98. The third-order valence-corrected chi connectivity index (χ3v) is 6.03. The van der Waals surface area contributed by atoms with Crippen LogP contribution in [0.3, 0.4) is 0 Å². The molecule has 0 unspecified atom stereocenters. The van der Waals surface area contributed by atoms with Crippen LogP contribution in [0.5, 0.6) is 0 Å². The first-order chi connectivity index (χ1) is 15.9. The molecule has 8 nitrogen and oxygen atoms in total. The zero-order chi connectivity index (χ0) is 23.2. The van der Waals surface area contributed by atoms with E-state index in [0.29, 0.717) is 56.3 Å². The lowest BCUT2D eigenvalue weighted by molar-refractivity contribution is -0.137. The van der Waals surface area contributed by atoms with E-state index in [2.05, 4.69) is 20.1 Å². The molecule has 1 saturated heterocycles. The van der Waals surface area contributed by atoms with Crippen molar-refractivity contribution in [3.63, 3.8) is 0 Å². The van der Waals surface area contributed by atoms with Gasteiger partial charge in [-0.1, -0.05) is 12.1 Å². The van der Waals surface area contributed by atoms with Gasteiger partial charge in [-0.2, -0.15) is 13.2 Å². The standard InChI is InChI=1S/C22H22F3N7O/c1-2-31-20(33)16-5-3-4-6-17(16)32-19(27-28-21(31)32)14-29-9-11-30(12-10-29)18-8-7-15(13-26-18)22(23,24)25/h3-8,13H,2,9-12,14H2,1H3. The van der Waals surface area contributed by atoms with Crippen molar-refractivity contribution in [1.82, 2.24) is 29.0 Å². The van der Waals surface area contributed by atoms with Crippen molar-refractivity contribution in [2.24, 2.45) is 0 Å². The van der Waals surface area contributed by atoms with Gasteiger partial charge in [0, 0.05) is 38.9 Å². The number of para-hydroxylation sites is 1. The highest BCUT2D eigenvalue weighted by molar-refractivity contribution is 5.80. The predicted octanol–water partition coefficient (Wildman–Crippen LogP) is 2.80. The predicted molar refractivity (Wildman–Crippen MR) is 117 cm³/mol. The number of nitrogens with zero attached hydrogens (tertiary/aromatic N) is 7. The minimum atomic E-state index is -4.39. The van der Waals surface area contributed by atoms with Crippen molar-refractivity contribution < 1.29 is 13.2 Å². The average Bonchev–Trinajstić information content (AvgIpc) is 3.23. The van der Waals surface area contributed by atoms with Crippen molar-refractivity contribution in [1.29, 1.82) is 0 Å². The minimum Gasteiger partial charge on any atom is -0.354 e. The zero-order valence-electron chi connectivity index (χ0n) is 18.0. The summed E-state index contributed by atoms with van der Waals surface area (Å²) in [6.07, 6.45) is -3.51. The molecule has 0 bridgehead atoms. The quantitative estimate of drug-likeness (QED) is 0.469. The Morgan fingerprint density at radius 3 is 2.42 bits per heavy atom. The Hall–Kier alpha value is -3.47. The number of hydrogen-bond donors (Lipinski definition) is 0. The van der Waals surface area contributed by atoms with Crippen molar-refractivity contribution in [3.8, 4) is 0 Å². The van der Waals surface area contributed by atoms with Crippen molar-refractivity contribution in [3.05, 3.63) is 64.3 Å². The molecular formula is C22H22F3N7O. The number of alkyl halides is 3. The van der Waals surface area contributed by atoms with Crippen LogP contribution in [-0.2, 0) is 19.3 Å². The highest BCUT2D eigenvalue weighted by Crippen LogP contribution is 2.29. The minimum absolute atomic E-state index is 0.0859. The summed E-state index contributed by atoms with van der Waals surface area (Å²) in [6.45, 7) is 5.60. The van der Waals surface area contributed by atoms with Gasteiger partial charge in [-0.15, -0.1) is 10.2 Å². The molecule has 0 atom stereocenters. The van der Waals surface area contributed by atoms with Gasteiger partial charge >= 0.3 is 6.18 Å². The summed E-state index contributed by atoms with van der Waals surface area (Å²) in [5.41, 5.74) is -0.0617. The summed E-state index contributed by atoms with van der Waals surface area (Å²) >= 11 is 0. The van der Waals surface area contributed by atoms with E-state index < -0.39 is 11.7 Å². The van der Waals surface area contributed by atoms with Gasteiger partial charge in [0.1, 0.15) is 5.82 Å². The molecule has 4 aromatic rings. The number of pyridine rings is 1. The van der Waals surface area contributed by atoms with Crippen LogP contribution in [0, 0.1) is 0 Å². The molecular weight excluding hydrogens is 435 g/mol. The molecule has 0 spiro atoms. The molecule has 0 radical (unpaired) electrons. The first-order valence-corrected chi connectivity index (χ1v) is 10.7. The second-order valence-electron chi connectivity index (χ2n) is 7.98. The van der Waals surface area contributed by atoms with Crippen LogP contribution in [0.2, 0.25) is 0 Å². The van der Waals surface area contributed by atoms with Gasteiger partial charge in [-0.05, 0) is 31.2 Å². The molecule has 11 heteroatoms. The lowest BCUT2D eigenvalue weighted by atomic mass is 10.2. The molecule has 1 aromatic carbocycles. The van der Waals surface area contributed by atoms with Gasteiger partial charge in [0.25, 0.3) is 5.56 Å². The molecule has 1 aliphatic heterocycles. The fourth-order valence-corrected chi connectivity index (χ4v) is 4.28. The average molecular weight is 457 g/mol. The largest absolute Gasteiger partial charge is 0.417 e. The molecule has 0 amide bonds. The highest BCUT2D eigenvalue weighted by atomic mass is 19.4. The fraction of sp³-hybridized carbons (Fsp3) is 0.364. The Balaban J connectivity index is 1.36. The van der Waals surface area contributed by atoms with Crippen LogP contribution < -0.4 is 10.5 Å². The van der Waals surface area contributed by atoms with E-state index in [9.17, 15) is 18.0 Å². The summed E-state index contributed by atoms with van der Waals surface area (Å²) in [5, 5.41) is 9.29. The number of anilines is 1. The van der Waals surface area contributed by atoms with E-state index in [4.69, 9.17) is 0 Å². The van der Waals surface area contributed by atoms with E-state index in [-0.39, 0.29) is 5.56 Å². The van der Waals surface area contributed by atoms with Gasteiger partial charge in [-0.3, -0.25) is 18.7 Å². The SMILES string of the molecule is CCn1c(=O)c2ccccc2n2c(CN3CCN(c4ccc(C(F)(F)F)cn4)CC3)nnc12. The Morgan fingerprint density at radius 1 is 1.00 bits per heavy atom. The Morgan fingerprint density at radius 2 is 1.76 bits per heavy atom. The fourth-order valence-electron chi connectivity index (χ4n) is 4.28. The lowest BCUT2D eigenvalue weighted by Crippen LogP contribution is -2.46. The zero-order valence-corrected chi connectivity index (χ0v) is 18.0. The third-order valence-electron chi connectivity index (χ3n) is 6.03. The number of hydrogen-bond acceptors (Lipinski definition) is 6. The summed E-state index contributed by atoms with van der Waals surface area (Å²) in [4.78, 5) is 21.0. The van der Waals surface area contributed by atoms with E-state index in [1.807, 2.05) is 40.5 Å². The maximum Gasteiger partial charge on any atom is 0.417 e. The number of aromatic nitrogens is 5. The summed E-state index contributed by atoms with van der Waals surface area (Å²) in [6, 6.07) is 9.91. The molecule has 5 rings (SSSR count). The highest BCUT2D eigenvalue weighted by Gasteiger charge is 2.31. The normalized spacial score (nSPS) is 15.6. The van der Waals surface area contributed by atoms with E-state index >= 15 is 0 Å². The van der Waals surface area contributed by atoms with E-state index in [1.165, 1.54) is 6.07 Å². The van der Waals surface area contributed by atoms with Crippen LogP contribution in [-0.4, -0.2) is 55.2 Å². The topological polar surface area (TPSA) is 71.6 Å². The molecule has 33 heavy (non-hydrogen) atoms. The maximum absolute atomic E-state index is 12.8. The summed E-state index contributed by atoms with van der Waals surface area (Å²) < 4.78 is 41.9. The van der Waals surface area contributed by atoms with Crippen molar-refractivity contribution in [2.75, 3.05) is 31.1 Å². The summed E-state index contributed by atoms with van der Waals surface area (Å²) in [5.74, 6) is 1.79. The third kappa shape index (κ3) is 3.82. The molecule has 0 aliphatic carbocycles. The first-order valence-electron chi connectivity index (χ1n) is 10.7. The van der Waals surface area contributed by atoms with Crippen LogP contribution in [0.25, 0.3) is 16.7 Å². The number of halogens is 3. The number of aryl methyl sites for hydroxylation is 1. The van der Waals surface area contributed by atoms with Gasteiger partial charge in [0.15, 0.2) is 5.82 Å². The Labute approximate surface area is 186 Å².